The van der Waals surface area contributed by atoms with E-state index in [4.69, 9.17) is 23.2 Å². The molecule has 0 atom stereocenters. The number of phenols is 1. The third kappa shape index (κ3) is 6.29. The number of hydrogen-bond acceptors (Lipinski definition) is 7. The van der Waals surface area contributed by atoms with E-state index in [1.807, 2.05) is 60.6 Å². The zero-order valence-corrected chi connectivity index (χ0v) is 31.5. The minimum atomic E-state index is -0.618. The Morgan fingerprint density at radius 2 is 0.962 bits per heavy atom. The average molecular weight is 736 g/mol. The van der Waals surface area contributed by atoms with E-state index in [1.54, 1.807) is 54.7 Å². The number of aromatic hydroxyl groups is 1. The minimum Gasteiger partial charge on any atom is -0.507 e. The molecule has 0 aromatic heterocycles. The van der Waals surface area contributed by atoms with Gasteiger partial charge in [-0.2, -0.15) is 0 Å². The summed E-state index contributed by atoms with van der Waals surface area (Å²) in [4.78, 5) is 27.8. The van der Waals surface area contributed by atoms with E-state index in [1.165, 1.54) is 6.20 Å². The number of halogens is 2. The van der Waals surface area contributed by atoms with E-state index in [0.29, 0.717) is 71.5 Å². The number of hydrogen-bond donors (Lipinski definition) is 5. The summed E-state index contributed by atoms with van der Waals surface area (Å²) < 4.78 is 0. The van der Waals surface area contributed by atoms with Crippen LogP contribution in [-0.2, 0) is 9.59 Å². The predicted octanol–water partition coefficient (Wildman–Crippen LogP) is 11.2. The Kier molecular flexibility index (Phi) is 9.88. The molecule has 6 rings (SSSR count). The van der Waals surface area contributed by atoms with Gasteiger partial charge in [0, 0.05) is 61.7 Å². The van der Waals surface area contributed by atoms with Gasteiger partial charge in [0.05, 0.1) is 5.57 Å². The quantitative estimate of drug-likeness (QED) is 0.120. The molecule has 0 unspecified atom stereocenters. The fraction of sp³-hybridized carbons (Fsp3) is 0.209. The molecule has 0 heterocycles. The van der Waals surface area contributed by atoms with Gasteiger partial charge in [0.25, 0.3) is 0 Å². The van der Waals surface area contributed by atoms with E-state index >= 15 is 0 Å². The first-order valence-electron chi connectivity index (χ1n) is 17.0. The number of allylic oxidation sites excluding steroid dienone is 4. The number of aliphatic hydroxyl groups excluding tert-OH is 2. The van der Waals surface area contributed by atoms with Crippen LogP contribution in [0.4, 0.5) is 11.4 Å². The molecule has 0 fully saturated rings. The number of benzene rings is 4. The number of fused-ring (bicyclic) bond motifs is 2. The summed E-state index contributed by atoms with van der Waals surface area (Å²) in [5.41, 5.74) is 8.31. The smallest absolute Gasteiger partial charge is 0.229 e. The highest BCUT2D eigenvalue weighted by Gasteiger charge is 2.37. The van der Waals surface area contributed by atoms with Crippen molar-refractivity contribution < 1.29 is 24.9 Å². The summed E-state index contributed by atoms with van der Waals surface area (Å²) in [7, 11) is 0. The maximum absolute atomic E-state index is 13.9. The maximum atomic E-state index is 13.9. The highest BCUT2D eigenvalue weighted by molar-refractivity contribution is 6.35. The zero-order valence-electron chi connectivity index (χ0n) is 30.0. The first-order chi connectivity index (χ1) is 24.6. The van der Waals surface area contributed by atoms with E-state index in [9.17, 15) is 24.9 Å². The highest BCUT2D eigenvalue weighted by atomic mass is 35.5. The second-order valence-electron chi connectivity index (χ2n) is 13.9. The Labute approximate surface area is 313 Å². The molecule has 0 radical (unpaired) electrons. The Balaban J connectivity index is 1.62. The highest BCUT2D eigenvalue weighted by Crippen LogP contribution is 2.51. The van der Waals surface area contributed by atoms with Crippen LogP contribution in [0.3, 0.4) is 0 Å². The van der Waals surface area contributed by atoms with Crippen LogP contribution in [-0.4, -0.2) is 26.9 Å². The van der Waals surface area contributed by atoms with Crippen molar-refractivity contribution >= 4 is 68.4 Å². The molecular formula is C43H40Cl2N2O5. The summed E-state index contributed by atoms with van der Waals surface area (Å²) in [5.74, 6) is -2.34. The average Bonchev–Trinajstić information content (AvgIpc) is 3.08. The Hall–Kier alpha value is -5.24. The van der Waals surface area contributed by atoms with E-state index in [0.717, 1.165) is 11.1 Å². The van der Waals surface area contributed by atoms with E-state index in [2.05, 4.69) is 10.6 Å². The summed E-state index contributed by atoms with van der Waals surface area (Å²) in [6, 6.07) is 17.8. The van der Waals surface area contributed by atoms with Crippen molar-refractivity contribution in [2.75, 3.05) is 10.6 Å². The van der Waals surface area contributed by atoms with Crippen LogP contribution in [0, 0.1) is 32.6 Å². The molecular weight excluding hydrogens is 695 g/mol. The molecule has 0 spiro atoms. The monoisotopic (exact) mass is 734 g/mol. The predicted molar refractivity (Wildman–Crippen MR) is 213 cm³/mol. The lowest BCUT2D eigenvalue weighted by Crippen LogP contribution is -2.20. The third-order valence-corrected chi connectivity index (χ3v) is 10.2. The lowest BCUT2D eigenvalue weighted by atomic mass is 9.74. The van der Waals surface area contributed by atoms with Crippen molar-refractivity contribution in [2.24, 2.45) is 11.8 Å². The van der Waals surface area contributed by atoms with Gasteiger partial charge in [0.15, 0.2) is 11.5 Å². The van der Waals surface area contributed by atoms with Crippen molar-refractivity contribution in [1.82, 2.24) is 0 Å². The maximum Gasteiger partial charge on any atom is 0.229 e. The van der Waals surface area contributed by atoms with Crippen LogP contribution in [0.15, 0.2) is 84.6 Å². The number of carbonyl (C=O) groups excluding carboxylic acids is 2. The van der Waals surface area contributed by atoms with E-state index < -0.39 is 11.6 Å². The fourth-order valence-corrected chi connectivity index (χ4v) is 7.61. The van der Waals surface area contributed by atoms with Gasteiger partial charge in [-0.3, -0.25) is 9.59 Å². The molecule has 0 saturated heterocycles. The molecule has 266 valence electrons. The van der Waals surface area contributed by atoms with Gasteiger partial charge < -0.3 is 26.0 Å². The Morgan fingerprint density at radius 1 is 0.577 bits per heavy atom. The number of aryl methyl sites for hydroxylation is 2. The lowest BCUT2D eigenvalue weighted by molar-refractivity contribution is -0.113. The van der Waals surface area contributed by atoms with Crippen molar-refractivity contribution in [3.63, 3.8) is 0 Å². The number of Topliss-reactive ketones (excluding diaryl/α,β-unsaturated/α-hetero) is 2. The van der Waals surface area contributed by atoms with Crippen LogP contribution in [0.1, 0.15) is 66.6 Å². The number of nitrogens with one attached hydrogen (secondary N) is 2. The number of carbonyl (C=O) groups is 2. The first-order valence-corrected chi connectivity index (χ1v) is 17.8. The van der Waals surface area contributed by atoms with Crippen molar-refractivity contribution in [2.45, 2.75) is 48.5 Å². The molecule has 0 saturated carbocycles. The summed E-state index contributed by atoms with van der Waals surface area (Å²) in [6.45, 7) is 13.3. The van der Waals surface area contributed by atoms with Crippen molar-refractivity contribution in [1.29, 1.82) is 0 Å². The van der Waals surface area contributed by atoms with Crippen LogP contribution >= 0.6 is 23.2 Å². The number of aliphatic hydroxyl groups is 2. The van der Waals surface area contributed by atoms with Crippen LogP contribution in [0.5, 0.6) is 5.75 Å². The minimum absolute atomic E-state index is 0.0942. The Morgan fingerprint density at radius 3 is 1.38 bits per heavy atom. The van der Waals surface area contributed by atoms with Crippen molar-refractivity contribution in [3.8, 4) is 16.9 Å². The molecule has 5 N–H and O–H groups in total. The summed E-state index contributed by atoms with van der Waals surface area (Å²) in [5, 5.41) is 42.3. The molecule has 4 aromatic carbocycles. The van der Waals surface area contributed by atoms with Gasteiger partial charge in [-0.1, -0.05) is 63.0 Å². The van der Waals surface area contributed by atoms with Crippen LogP contribution < -0.4 is 10.6 Å². The molecule has 0 amide bonds. The molecule has 52 heavy (non-hydrogen) atoms. The normalized spacial score (nSPS) is 16.0. The molecule has 0 bridgehead atoms. The van der Waals surface area contributed by atoms with Crippen molar-refractivity contribution in [3.05, 3.63) is 134 Å². The van der Waals surface area contributed by atoms with Crippen LogP contribution in [0.25, 0.3) is 33.4 Å². The molecule has 2 aliphatic carbocycles. The second-order valence-corrected chi connectivity index (χ2v) is 14.7. The number of ketones is 2. The number of rotatable bonds is 7. The van der Waals surface area contributed by atoms with Gasteiger partial charge in [0.2, 0.25) is 11.6 Å². The second kappa shape index (κ2) is 14.1. The van der Waals surface area contributed by atoms with Gasteiger partial charge in [-0.25, -0.2) is 0 Å². The number of anilines is 2. The van der Waals surface area contributed by atoms with Gasteiger partial charge in [-0.15, -0.1) is 0 Å². The van der Waals surface area contributed by atoms with Gasteiger partial charge >= 0.3 is 0 Å². The van der Waals surface area contributed by atoms with Crippen LogP contribution in [0.2, 0.25) is 10.0 Å². The SMILES string of the molecule is Cc1cc2c(c(C)c1-c1c(C)cc3c(c1O)/C(=C/Nc1ccc(Cl)cc1)C(=O)C(O)=C3C(C)C)/C(=C\Nc1ccc(Cl)cc1)C(=O)C(O)=C2C(C)C. The summed E-state index contributed by atoms with van der Waals surface area (Å²) >= 11 is 12.2. The fourth-order valence-electron chi connectivity index (χ4n) is 7.36. The topological polar surface area (TPSA) is 119 Å². The van der Waals surface area contributed by atoms with Gasteiger partial charge in [-0.05, 0) is 120 Å². The van der Waals surface area contributed by atoms with E-state index in [-0.39, 0.29) is 40.2 Å². The third-order valence-electron chi connectivity index (χ3n) is 9.68. The zero-order chi connectivity index (χ0) is 37.8. The number of phenolic OH excluding ortho intramolecular Hbond substituents is 1. The first kappa shape index (κ1) is 36.5. The van der Waals surface area contributed by atoms with Gasteiger partial charge in [0.1, 0.15) is 5.75 Å². The molecule has 9 heteroatoms. The molecule has 4 aromatic rings. The molecule has 2 aliphatic rings. The Bertz CT molecular complexity index is 2130. The molecule has 0 aliphatic heterocycles. The molecule has 7 nitrogen and oxygen atoms in total. The largest absolute Gasteiger partial charge is 0.507 e. The lowest BCUT2D eigenvalue weighted by Gasteiger charge is -2.30. The standard InChI is InChI=1S/C43H40Cl2N2O5/c1-20(2)33-29-16-22(5)35(24(7)37(29)31(39(48)42(33)51)18-46-27-12-8-25(44)9-13-27)36-23(6)17-30-34(21(3)4)43(52)40(49)32(38(30)41(36)50)19-47-28-14-10-26(45)11-15-28/h8-21,46-47,50-52H,1-7H3/b31-18+,32-19-. The summed E-state index contributed by atoms with van der Waals surface area (Å²) in [6.07, 6.45) is 3.08.